The van der Waals surface area contributed by atoms with E-state index in [4.69, 9.17) is 15.2 Å². The van der Waals surface area contributed by atoms with Gasteiger partial charge in [-0.15, -0.1) is 0 Å². The zero-order chi connectivity index (χ0) is 14.0. The first kappa shape index (κ1) is 14.3. The Balaban J connectivity index is 2.17. The summed E-state index contributed by atoms with van der Waals surface area (Å²) in [5, 5.41) is 2.86. The molecule has 2 rings (SSSR count). The molecule has 3 N–H and O–H groups in total. The molecule has 0 spiro atoms. The first-order chi connectivity index (χ1) is 8.95. The van der Waals surface area contributed by atoms with E-state index in [1.54, 1.807) is 13.2 Å². The molecule has 0 bridgehead atoms. The molecule has 1 aromatic rings. The lowest BCUT2D eigenvalue weighted by Gasteiger charge is -2.25. The Morgan fingerprint density at radius 3 is 2.89 bits per heavy atom. The third kappa shape index (κ3) is 2.91. The number of nitrogens with one attached hydrogen (secondary N) is 1. The Morgan fingerprint density at radius 2 is 2.32 bits per heavy atom. The second-order valence-electron chi connectivity index (χ2n) is 4.87. The lowest BCUT2D eigenvalue weighted by atomic mass is 9.85. The summed E-state index contributed by atoms with van der Waals surface area (Å²) in [4.78, 5) is 12.3. The lowest BCUT2D eigenvalue weighted by molar-refractivity contribution is -0.125. The molecule has 1 aliphatic heterocycles. The van der Waals surface area contributed by atoms with E-state index in [2.05, 4.69) is 21.2 Å². The van der Waals surface area contributed by atoms with E-state index < -0.39 is 5.41 Å². The fourth-order valence-electron chi connectivity index (χ4n) is 1.95. The van der Waals surface area contributed by atoms with E-state index in [-0.39, 0.29) is 11.9 Å². The molecule has 5 nitrogen and oxygen atoms in total. The van der Waals surface area contributed by atoms with Crippen molar-refractivity contribution >= 4 is 27.5 Å². The Morgan fingerprint density at radius 1 is 1.58 bits per heavy atom. The number of methoxy groups -OCH3 is 1. The molecule has 0 saturated carbocycles. The highest BCUT2D eigenvalue weighted by Crippen LogP contribution is 2.30. The van der Waals surface area contributed by atoms with Crippen LogP contribution >= 0.6 is 15.9 Å². The molecule has 1 aromatic carbocycles. The summed E-state index contributed by atoms with van der Waals surface area (Å²) in [6.07, 6.45) is 0. The van der Waals surface area contributed by atoms with Gasteiger partial charge in [0.05, 0.1) is 25.7 Å². The molecule has 1 saturated heterocycles. The van der Waals surface area contributed by atoms with E-state index in [1.807, 2.05) is 19.1 Å². The number of hydrogen-bond acceptors (Lipinski definition) is 4. The summed E-state index contributed by atoms with van der Waals surface area (Å²) >= 11 is 3.37. The van der Waals surface area contributed by atoms with E-state index in [1.165, 1.54) is 0 Å². The van der Waals surface area contributed by atoms with Crippen molar-refractivity contribution in [2.45, 2.75) is 13.0 Å². The first-order valence-electron chi connectivity index (χ1n) is 5.95. The van der Waals surface area contributed by atoms with Gasteiger partial charge in [-0.2, -0.15) is 0 Å². The summed E-state index contributed by atoms with van der Waals surface area (Å²) < 4.78 is 11.3. The van der Waals surface area contributed by atoms with Crippen molar-refractivity contribution < 1.29 is 14.3 Å². The molecule has 1 heterocycles. The molecular formula is C13H17BrN2O3. The number of hydrogen-bond donors (Lipinski definition) is 2. The highest BCUT2D eigenvalue weighted by atomic mass is 79.9. The molecular weight excluding hydrogens is 312 g/mol. The number of halogens is 1. The lowest BCUT2D eigenvalue weighted by Crippen LogP contribution is -2.47. The van der Waals surface area contributed by atoms with Gasteiger partial charge in [0.25, 0.3) is 0 Å². The molecule has 1 amide bonds. The van der Waals surface area contributed by atoms with E-state index in [0.717, 1.165) is 4.47 Å². The molecule has 1 fully saturated rings. The fourth-order valence-corrected chi connectivity index (χ4v) is 2.42. The van der Waals surface area contributed by atoms with Gasteiger partial charge in [-0.3, -0.25) is 4.79 Å². The quantitative estimate of drug-likeness (QED) is 0.886. The Kier molecular flexibility index (Phi) is 4.13. The maximum absolute atomic E-state index is 12.3. The van der Waals surface area contributed by atoms with Crippen LogP contribution in [0.1, 0.15) is 6.92 Å². The van der Waals surface area contributed by atoms with Crippen LogP contribution in [0.25, 0.3) is 0 Å². The third-order valence-electron chi connectivity index (χ3n) is 3.40. The minimum absolute atomic E-state index is 0.141. The average Bonchev–Trinajstić information content (AvgIpc) is 2.70. The van der Waals surface area contributed by atoms with Gasteiger partial charge < -0.3 is 20.5 Å². The largest absolute Gasteiger partial charge is 0.497 e. The number of carbonyl (C=O) groups is 1. The topological polar surface area (TPSA) is 73.6 Å². The number of anilines is 1. The highest BCUT2D eigenvalue weighted by molar-refractivity contribution is 9.10. The normalized spacial score (nSPS) is 26.2. The van der Waals surface area contributed by atoms with Crippen LogP contribution in [0.2, 0.25) is 0 Å². The number of benzene rings is 1. The molecule has 6 heteroatoms. The van der Waals surface area contributed by atoms with Gasteiger partial charge in [0.1, 0.15) is 5.75 Å². The minimum atomic E-state index is -0.699. The Bertz CT molecular complexity index is 495. The second-order valence-corrected chi connectivity index (χ2v) is 5.79. The van der Waals surface area contributed by atoms with Crippen LogP contribution in [-0.2, 0) is 9.53 Å². The summed E-state index contributed by atoms with van der Waals surface area (Å²) in [6.45, 7) is 2.56. The van der Waals surface area contributed by atoms with Gasteiger partial charge in [-0.1, -0.05) is 15.9 Å². The standard InChI is InChI=1S/C13H17BrN2O3/c1-13(7-19-6-11(13)15)12(17)16-9-3-8(14)4-10(5-9)18-2/h3-5,11H,6-7,15H2,1-2H3,(H,16,17). The molecule has 1 aliphatic rings. The van der Waals surface area contributed by atoms with E-state index in [0.29, 0.717) is 24.7 Å². The molecule has 2 unspecified atom stereocenters. The van der Waals surface area contributed by atoms with Crippen molar-refractivity contribution in [2.24, 2.45) is 11.1 Å². The van der Waals surface area contributed by atoms with Gasteiger partial charge in [0.15, 0.2) is 0 Å². The Labute approximate surface area is 120 Å². The van der Waals surface area contributed by atoms with Crippen LogP contribution in [0, 0.1) is 5.41 Å². The average molecular weight is 329 g/mol. The monoisotopic (exact) mass is 328 g/mol. The zero-order valence-corrected chi connectivity index (χ0v) is 12.5. The number of nitrogens with two attached hydrogens (primary N) is 1. The number of carbonyl (C=O) groups excluding carboxylic acids is 1. The summed E-state index contributed by atoms with van der Waals surface area (Å²) in [7, 11) is 1.58. The molecule has 104 valence electrons. The maximum Gasteiger partial charge on any atom is 0.234 e. The van der Waals surface area contributed by atoms with Gasteiger partial charge in [0, 0.05) is 22.3 Å². The molecule has 0 aromatic heterocycles. The predicted molar refractivity (Wildman–Crippen MR) is 76.2 cm³/mol. The fraction of sp³-hybridized carbons (Fsp3) is 0.462. The summed E-state index contributed by atoms with van der Waals surface area (Å²) in [6, 6.07) is 5.10. The van der Waals surface area contributed by atoms with Gasteiger partial charge in [-0.25, -0.2) is 0 Å². The molecule has 0 aliphatic carbocycles. The molecule has 0 radical (unpaired) electrons. The van der Waals surface area contributed by atoms with Crippen LogP contribution in [0.15, 0.2) is 22.7 Å². The minimum Gasteiger partial charge on any atom is -0.497 e. The van der Waals surface area contributed by atoms with Gasteiger partial charge in [-0.05, 0) is 19.1 Å². The Hall–Kier alpha value is -1.11. The SMILES string of the molecule is COc1cc(Br)cc(NC(=O)C2(C)COCC2N)c1. The summed E-state index contributed by atoms with van der Waals surface area (Å²) in [5.41, 5.74) is 5.90. The van der Waals surface area contributed by atoms with Crippen LogP contribution in [0.5, 0.6) is 5.75 Å². The predicted octanol–water partition coefficient (Wildman–Crippen LogP) is 1.76. The van der Waals surface area contributed by atoms with Gasteiger partial charge in [0.2, 0.25) is 5.91 Å². The number of rotatable bonds is 3. The van der Waals surface area contributed by atoms with Crippen molar-refractivity contribution in [3.05, 3.63) is 22.7 Å². The summed E-state index contributed by atoms with van der Waals surface area (Å²) in [5.74, 6) is 0.527. The smallest absolute Gasteiger partial charge is 0.234 e. The van der Waals surface area contributed by atoms with Crippen LogP contribution in [-0.4, -0.2) is 32.3 Å². The molecule has 19 heavy (non-hydrogen) atoms. The maximum atomic E-state index is 12.3. The zero-order valence-electron chi connectivity index (χ0n) is 10.9. The van der Waals surface area contributed by atoms with Crippen molar-refractivity contribution in [1.82, 2.24) is 0 Å². The number of ether oxygens (including phenoxy) is 2. The van der Waals surface area contributed by atoms with E-state index >= 15 is 0 Å². The van der Waals surface area contributed by atoms with Gasteiger partial charge >= 0.3 is 0 Å². The van der Waals surface area contributed by atoms with E-state index in [9.17, 15) is 4.79 Å². The highest BCUT2D eigenvalue weighted by Gasteiger charge is 2.44. The third-order valence-corrected chi connectivity index (χ3v) is 3.86. The number of amides is 1. The van der Waals surface area contributed by atoms with Crippen LogP contribution in [0.3, 0.4) is 0 Å². The van der Waals surface area contributed by atoms with Crippen LogP contribution < -0.4 is 15.8 Å². The van der Waals surface area contributed by atoms with Crippen molar-refractivity contribution in [3.8, 4) is 5.75 Å². The van der Waals surface area contributed by atoms with Crippen molar-refractivity contribution in [1.29, 1.82) is 0 Å². The van der Waals surface area contributed by atoms with Crippen LogP contribution in [0.4, 0.5) is 5.69 Å². The van der Waals surface area contributed by atoms with Crippen molar-refractivity contribution in [2.75, 3.05) is 25.6 Å². The molecule has 2 atom stereocenters. The first-order valence-corrected chi connectivity index (χ1v) is 6.74. The van der Waals surface area contributed by atoms with Crippen molar-refractivity contribution in [3.63, 3.8) is 0 Å². The second kappa shape index (κ2) is 5.48.